The van der Waals surface area contributed by atoms with Crippen LogP contribution in [0.3, 0.4) is 0 Å². The molecule has 0 saturated carbocycles. The molecule has 0 radical (unpaired) electrons. The van der Waals surface area contributed by atoms with Crippen LogP contribution in [0, 0.1) is 26.7 Å². The van der Waals surface area contributed by atoms with Crippen LogP contribution < -0.4 is 4.72 Å². The van der Waals surface area contributed by atoms with Crippen molar-refractivity contribution in [3.05, 3.63) is 58.7 Å². The average molecular weight is 401 g/mol. The van der Waals surface area contributed by atoms with Crippen molar-refractivity contribution in [1.29, 1.82) is 0 Å². The molecule has 28 heavy (non-hydrogen) atoms. The van der Waals surface area contributed by atoms with E-state index in [1.165, 1.54) is 6.07 Å². The molecule has 5 nitrogen and oxygen atoms in total. The lowest BCUT2D eigenvalue weighted by atomic mass is 9.98. The van der Waals surface area contributed by atoms with Gasteiger partial charge in [-0.05, 0) is 68.9 Å². The summed E-state index contributed by atoms with van der Waals surface area (Å²) < 4.78 is 28.7. The summed E-state index contributed by atoms with van der Waals surface area (Å²) >= 11 is 0. The highest BCUT2D eigenvalue weighted by atomic mass is 32.2. The zero-order valence-corrected chi connectivity index (χ0v) is 17.8. The second-order valence-corrected chi connectivity index (χ2v) is 9.53. The third-order valence-electron chi connectivity index (χ3n) is 5.42. The molecule has 1 aliphatic rings. The number of hydrogen-bond donors (Lipinski definition) is 1. The lowest BCUT2D eigenvalue weighted by Crippen LogP contribution is -2.38. The highest BCUT2D eigenvalue weighted by Crippen LogP contribution is 2.25. The van der Waals surface area contributed by atoms with Crippen LogP contribution in [0.15, 0.2) is 41.3 Å². The van der Waals surface area contributed by atoms with E-state index in [4.69, 9.17) is 0 Å². The normalized spacial score (nSPS) is 15.5. The molecule has 3 rings (SSSR count). The maximum atomic E-state index is 13.0. The standard InChI is InChI=1S/C22H28N2O3S/c1-15-9-11-24(12-10-15)22(25)19-7-6-17(3)21(14-19)28(26,27)23-20-8-5-16(2)13-18(20)4/h5-8,13-15,23H,9-12H2,1-4H3. The van der Waals surface area contributed by atoms with E-state index in [0.29, 0.717) is 22.7 Å². The fourth-order valence-electron chi connectivity index (χ4n) is 3.54. The molecule has 1 heterocycles. The summed E-state index contributed by atoms with van der Waals surface area (Å²) in [6.07, 6.45) is 1.97. The van der Waals surface area contributed by atoms with Crippen LogP contribution in [0.1, 0.15) is 46.8 Å². The first-order chi connectivity index (χ1) is 13.2. The minimum absolute atomic E-state index is 0.102. The fraction of sp³-hybridized carbons (Fsp3) is 0.409. The van der Waals surface area contributed by atoms with Gasteiger partial charge in [0.15, 0.2) is 0 Å². The first-order valence-electron chi connectivity index (χ1n) is 9.67. The third kappa shape index (κ3) is 4.38. The smallest absolute Gasteiger partial charge is 0.262 e. The third-order valence-corrected chi connectivity index (χ3v) is 6.93. The lowest BCUT2D eigenvalue weighted by molar-refractivity contribution is 0.0697. The molecule has 0 aromatic heterocycles. The molecule has 0 bridgehead atoms. The highest BCUT2D eigenvalue weighted by molar-refractivity contribution is 7.92. The van der Waals surface area contributed by atoms with Gasteiger partial charge in [-0.2, -0.15) is 0 Å². The van der Waals surface area contributed by atoms with Gasteiger partial charge in [-0.1, -0.05) is 30.7 Å². The molecule has 0 aliphatic carbocycles. The molecule has 6 heteroatoms. The number of hydrogen-bond acceptors (Lipinski definition) is 3. The summed E-state index contributed by atoms with van der Waals surface area (Å²) in [6.45, 7) is 9.21. The molecular formula is C22H28N2O3S. The fourth-order valence-corrected chi connectivity index (χ4v) is 4.95. The number of nitrogens with one attached hydrogen (secondary N) is 1. The van der Waals surface area contributed by atoms with Gasteiger partial charge in [0.1, 0.15) is 0 Å². The maximum Gasteiger partial charge on any atom is 0.262 e. The van der Waals surface area contributed by atoms with Crippen molar-refractivity contribution in [2.75, 3.05) is 17.8 Å². The predicted molar refractivity (Wildman–Crippen MR) is 112 cm³/mol. The number of benzene rings is 2. The van der Waals surface area contributed by atoms with Crippen molar-refractivity contribution >= 4 is 21.6 Å². The summed E-state index contributed by atoms with van der Waals surface area (Å²) in [5, 5.41) is 0. The van der Waals surface area contributed by atoms with Crippen molar-refractivity contribution < 1.29 is 13.2 Å². The van der Waals surface area contributed by atoms with Crippen LogP contribution in [0.25, 0.3) is 0 Å². The second-order valence-electron chi connectivity index (χ2n) is 7.88. The summed E-state index contributed by atoms with van der Waals surface area (Å²) in [5.74, 6) is 0.523. The number of nitrogens with zero attached hydrogens (tertiary/aromatic N) is 1. The molecule has 2 aromatic rings. The van der Waals surface area contributed by atoms with E-state index in [1.54, 1.807) is 25.1 Å². The zero-order chi connectivity index (χ0) is 20.5. The molecule has 1 N–H and O–H groups in total. The Labute approximate surface area is 167 Å². The van der Waals surface area contributed by atoms with Crippen LogP contribution in [-0.2, 0) is 10.0 Å². The van der Waals surface area contributed by atoms with Crippen molar-refractivity contribution in [3.8, 4) is 0 Å². The van der Waals surface area contributed by atoms with E-state index in [-0.39, 0.29) is 10.8 Å². The molecule has 0 unspecified atom stereocenters. The Kier molecular flexibility index (Phi) is 5.79. The average Bonchev–Trinajstić information content (AvgIpc) is 2.64. The second kappa shape index (κ2) is 7.95. The van der Waals surface area contributed by atoms with Gasteiger partial charge >= 0.3 is 0 Å². The van der Waals surface area contributed by atoms with E-state index in [9.17, 15) is 13.2 Å². The first kappa shape index (κ1) is 20.4. The summed E-state index contributed by atoms with van der Waals surface area (Å²) in [5.41, 5.74) is 3.50. The van der Waals surface area contributed by atoms with Gasteiger partial charge in [0.25, 0.3) is 15.9 Å². The molecule has 1 fully saturated rings. The van der Waals surface area contributed by atoms with Gasteiger partial charge in [0, 0.05) is 18.7 Å². The molecule has 0 spiro atoms. The highest BCUT2D eigenvalue weighted by Gasteiger charge is 2.24. The summed E-state index contributed by atoms with van der Waals surface area (Å²) in [6, 6.07) is 10.5. The number of amides is 1. The van der Waals surface area contributed by atoms with E-state index in [1.807, 2.05) is 30.9 Å². The van der Waals surface area contributed by atoms with Crippen LogP contribution in [0.4, 0.5) is 5.69 Å². The van der Waals surface area contributed by atoms with Gasteiger partial charge in [0.2, 0.25) is 0 Å². The Morgan fingerprint density at radius 1 is 1.00 bits per heavy atom. The maximum absolute atomic E-state index is 13.0. The SMILES string of the molecule is Cc1ccc(NS(=O)(=O)c2cc(C(=O)N3CCC(C)CC3)ccc2C)c(C)c1. The number of carbonyl (C=O) groups excluding carboxylic acids is 1. The van der Waals surface area contributed by atoms with Crippen molar-refractivity contribution in [1.82, 2.24) is 4.90 Å². The number of piperidine rings is 1. The lowest BCUT2D eigenvalue weighted by Gasteiger charge is -2.30. The number of rotatable bonds is 4. The molecule has 1 amide bonds. The summed E-state index contributed by atoms with van der Waals surface area (Å²) in [4.78, 5) is 14.8. The number of likely N-dealkylation sites (tertiary alicyclic amines) is 1. The van der Waals surface area contributed by atoms with Crippen molar-refractivity contribution in [2.24, 2.45) is 5.92 Å². The topological polar surface area (TPSA) is 66.5 Å². The summed E-state index contributed by atoms with van der Waals surface area (Å²) in [7, 11) is -3.80. The monoisotopic (exact) mass is 400 g/mol. The molecular weight excluding hydrogens is 372 g/mol. The van der Waals surface area contributed by atoms with Crippen molar-refractivity contribution in [3.63, 3.8) is 0 Å². The molecule has 150 valence electrons. The number of sulfonamides is 1. The Bertz CT molecular complexity index is 991. The molecule has 1 saturated heterocycles. The Hall–Kier alpha value is -2.34. The largest absolute Gasteiger partial charge is 0.339 e. The Morgan fingerprint density at radius 2 is 1.68 bits per heavy atom. The van der Waals surface area contributed by atoms with Gasteiger partial charge in [-0.15, -0.1) is 0 Å². The first-order valence-corrected chi connectivity index (χ1v) is 11.2. The van der Waals surface area contributed by atoms with Crippen molar-refractivity contribution in [2.45, 2.75) is 45.4 Å². The Balaban J connectivity index is 1.88. The molecule has 2 aromatic carbocycles. The number of aryl methyl sites for hydroxylation is 3. The minimum atomic E-state index is -3.80. The number of carbonyl (C=O) groups is 1. The van der Waals surface area contributed by atoms with Crippen LogP contribution in [0.5, 0.6) is 0 Å². The minimum Gasteiger partial charge on any atom is -0.339 e. The van der Waals surface area contributed by atoms with Gasteiger partial charge < -0.3 is 4.90 Å². The molecule has 1 aliphatic heterocycles. The quantitative estimate of drug-likeness (QED) is 0.833. The number of anilines is 1. The Morgan fingerprint density at radius 3 is 2.32 bits per heavy atom. The van der Waals surface area contributed by atoms with Crippen LogP contribution in [-0.4, -0.2) is 32.3 Å². The van der Waals surface area contributed by atoms with E-state index >= 15 is 0 Å². The van der Waals surface area contributed by atoms with E-state index < -0.39 is 10.0 Å². The molecule has 0 atom stereocenters. The zero-order valence-electron chi connectivity index (χ0n) is 17.0. The van der Waals surface area contributed by atoms with Gasteiger partial charge in [0.05, 0.1) is 10.6 Å². The van der Waals surface area contributed by atoms with Gasteiger partial charge in [-0.25, -0.2) is 8.42 Å². The van der Waals surface area contributed by atoms with Crippen LogP contribution in [0.2, 0.25) is 0 Å². The predicted octanol–water partition coefficient (Wildman–Crippen LogP) is 4.28. The van der Waals surface area contributed by atoms with E-state index in [0.717, 1.165) is 37.1 Å². The van der Waals surface area contributed by atoms with Crippen LogP contribution >= 0.6 is 0 Å². The van der Waals surface area contributed by atoms with E-state index in [2.05, 4.69) is 11.6 Å². The van der Waals surface area contributed by atoms with Gasteiger partial charge in [-0.3, -0.25) is 9.52 Å².